The molecular weight excluding hydrogens is 258 g/mol. The highest BCUT2D eigenvalue weighted by Gasteiger charge is 2.10. The number of hydrogen-bond acceptors (Lipinski definition) is 4. The van der Waals surface area contributed by atoms with Crippen LogP contribution in [0.25, 0.3) is 0 Å². The van der Waals surface area contributed by atoms with Gasteiger partial charge in [0, 0.05) is 12.1 Å². The van der Waals surface area contributed by atoms with Gasteiger partial charge < -0.3 is 14.8 Å². The van der Waals surface area contributed by atoms with E-state index in [1.54, 1.807) is 7.11 Å². The highest BCUT2D eigenvalue weighted by atomic mass is 32.2. The lowest BCUT2D eigenvalue weighted by Gasteiger charge is -2.15. The van der Waals surface area contributed by atoms with Gasteiger partial charge in [-0.25, -0.2) is 0 Å². The van der Waals surface area contributed by atoms with E-state index in [2.05, 4.69) is 24.6 Å². The minimum Gasteiger partial charge on any atom is -0.493 e. The predicted octanol–water partition coefficient (Wildman–Crippen LogP) is 3.18. The van der Waals surface area contributed by atoms with Gasteiger partial charge in [0.05, 0.1) is 13.7 Å². The molecule has 0 aromatic heterocycles. The Balaban J connectivity index is 2.59. The fraction of sp³-hybridized carbons (Fsp3) is 0.600. The van der Waals surface area contributed by atoms with E-state index in [1.807, 2.05) is 30.8 Å². The molecule has 0 bridgehead atoms. The third-order valence-corrected chi connectivity index (χ3v) is 3.73. The summed E-state index contributed by atoms with van der Waals surface area (Å²) < 4.78 is 11.0. The van der Waals surface area contributed by atoms with Crippen molar-refractivity contribution in [3.63, 3.8) is 0 Å². The molecule has 1 N–H and O–H groups in total. The van der Waals surface area contributed by atoms with Crippen LogP contribution >= 0.6 is 11.8 Å². The maximum absolute atomic E-state index is 5.58. The Morgan fingerprint density at radius 1 is 1.37 bits per heavy atom. The SMILES string of the molecule is CCOc1cccc(CNCC(C)CSC)c1OC. The van der Waals surface area contributed by atoms with Gasteiger partial charge in [0.1, 0.15) is 0 Å². The van der Waals surface area contributed by atoms with Gasteiger partial charge in [-0.3, -0.25) is 0 Å². The number of methoxy groups -OCH3 is 1. The fourth-order valence-electron chi connectivity index (χ4n) is 2.00. The number of rotatable bonds is 9. The molecule has 0 aliphatic carbocycles. The molecule has 0 fully saturated rings. The molecule has 0 saturated carbocycles. The van der Waals surface area contributed by atoms with Crippen molar-refractivity contribution < 1.29 is 9.47 Å². The molecule has 1 rings (SSSR count). The van der Waals surface area contributed by atoms with Gasteiger partial charge in [-0.15, -0.1) is 0 Å². The van der Waals surface area contributed by atoms with Crippen molar-refractivity contribution in [3.05, 3.63) is 23.8 Å². The van der Waals surface area contributed by atoms with Crippen molar-refractivity contribution in [2.75, 3.05) is 32.3 Å². The Kier molecular flexibility index (Phi) is 7.75. The average Bonchev–Trinajstić information content (AvgIpc) is 2.40. The monoisotopic (exact) mass is 283 g/mol. The molecule has 0 saturated heterocycles. The molecule has 19 heavy (non-hydrogen) atoms. The molecular formula is C15H25NO2S. The quantitative estimate of drug-likeness (QED) is 0.754. The summed E-state index contributed by atoms with van der Waals surface area (Å²) in [5, 5.41) is 3.48. The van der Waals surface area contributed by atoms with Gasteiger partial charge in [-0.2, -0.15) is 11.8 Å². The lowest BCUT2D eigenvalue weighted by molar-refractivity contribution is 0.308. The van der Waals surface area contributed by atoms with Crippen molar-refractivity contribution in [2.45, 2.75) is 20.4 Å². The number of para-hydroxylation sites is 1. The van der Waals surface area contributed by atoms with E-state index in [4.69, 9.17) is 9.47 Å². The van der Waals surface area contributed by atoms with Crippen LogP contribution < -0.4 is 14.8 Å². The van der Waals surface area contributed by atoms with Crippen LogP contribution in [0.4, 0.5) is 0 Å². The molecule has 0 aliphatic heterocycles. The van der Waals surface area contributed by atoms with E-state index >= 15 is 0 Å². The summed E-state index contributed by atoms with van der Waals surface area (Å²) in [5.74, 6) is 3.52. The highest BCUT2D eigenvalue weighted by molar-refractivity contribution is 7.98. The van der Waals surface area contributed by atoms with Crippen molar-refractivity contribution in [1.29, 1.82) is 0 Å². The van der Waals surface area contributed by atoms with E-state index in [9.17, 15) is 0 Å². The highest BCUT2D eigenvalue weighted by Crippen LogP contribution is 2.30. The zero-order valence-electron chi connectivity index (χ0n) is 12.4. The molecule has 3 nitrogen and oxygen atoms in total. The van der Waals surface area contributed by atoms with E-state index in [-0.39, 0.29) is 0 Å². The van der Waals surface area contributed by atoms with Crippen LogP contribution in [0.2, 0.25) is 0 Å². The van der Waals surface area contributed by atoms with Gasteiger partial charge in [0.2, 0.25) is 0 Å². The van der Waals surface area contributed by atoms with Gasteiger partial charge in [0.15, 0.2) is 11.5 Å². The molecule has 0 aliphatic rings. The smallest absolute Gasteiger partial charge is 0.165 e. The summed E-state index contributed by atoms with van der Waals surface area (Å²) in [5.41, 5.74) is 1.14. The van der Waals surface area contributed by atoms with Crippen molar-refractivity contribution in [3.8, 4) is 11.5 Å². The minimum atomic E-state index is 0.651. The third kappa shape index (κ3) is 5.33. The Bertz CT molecular complexity index is 371. The first-order valence-corrected chi connectivity index (χ1v) is 8.10. The summed E-state index contributed by atoms with van der Waals surface area (Å²) in [7, 11) is 1.69. The zero-order chi connectivity index (χ0) is 14.1. The summed E-state index contributed by atoms with van der Waals surface area (Å²) in [6, 6.07) is 6.03. The van der Waals surface area contributed by atoms with Gasteiger partial charge in [0.25, 0.3) is 0 Å². The van der Waals surface area contributed by atoms with E-state index < -0.39 is 0 Å². The van der Waals surface area contributed by atoms with Crippen LogP contribution in [0.1, 0.15) is 19.4 Å². The maximum atomic E-state index is 5.58. The number of nitrogens with one attached hydrogen (secondary N) is 1. The second-order valence-electron chi connectivity index (χ2n) is 4.57. The summed E-state index contributed by atoms with van der Waals surface area (Å²) >= 11 is 1.89. The van der Waals surface area contributed by atoms with Crippen LogP contribution in [-0.2, 0) is 6.54 Å². The Morgan fingerprint density at radius 3 is 2.79 bits per heavy atom. The van der Waals surface area contributed by atoms with Crippen molar-refractivity contribution in [2.24, 2.45) is 5.92 Å². The Hall–Kier alpha value is -0.870. The lowest BCUT2D eigenvalue weighted by Crippen LogP contribution is -2.22. The fourth-order valence-corrected chi connectivity index (χ4v) is 2.68. The standard InChI is InChI=1S/C15H25NO2S/c1-5-18-14-8-6-7-13(15(14)17-3)10-16-9-12(2)11-19-4/h6-8,12,16H,5,9-11H2,1-4H3. The van der Waals surface area contributed by atoms with Gasteiger partial charge >= 0.3 is 0 Å². The maximum Gasteiger partial charge on any atom is 0.165 e. The summed E-state index contributed by atoms with van der Waals surface area (Å²) in [4.78, 5) is 0. The largest absolute Gasteiger partial charge is 0.493 e. The second kappa shape index (κ2) is 9.10. The molecule has 0 heterocycles. The second-order valence-corrected chi connectivity index (χ2v) is 5.48. The normalized spacial score (nSPS) is 12.2. The molecule has 0 spiro atoms. The van der Waals surface area contributed by atoms with Crippen LogP contribution in [0.15, 0.2) is 18.2 Å². The summed E-state index contributed by atoms with van der Waals surface area (Å²) in [6.07, 6.45) is 2.14. The molecule has 108 valence electrons. The molecule has 4 heteroatoms. The Morgan fingerprint density at radius 2 is 2.16 bits per heavy atom. The summed E-state index contributed by atoms with van der Waals surface area (Å²) in [6.45, 7) is 6.72. The topological polar surface area (TPSA) is 30.5 Å². The predicted molar refractivity (Wildman–Crippen MR) is 83.4 cm³/mol. The first kappa shape index (κ1) is 16.2. The minimum absolute atomic E-state index is 0.651. The van der Waals surface area contributed by atoms with Crippen molar-refractivity contribution >= 4 is 11.8 Å². The molecule has 1 aromatic carbocycles. The first-order valence-electron chi connectivity index (χ1n) is 6.71. The zero-order valence-corrected chi connectivity index (χ0v) is 13.2. The average molecular weight is 283 g/mol. The first-order chi connectivity index (χ1) is 9.22. The van der Waals surface area contributed by atoms with Crippen LogP contribution in [0.5, 0.6) is 11.5 Å². The van der Waals surface area contributed by atoms with E-state index in [1.165, 1.54) is 5.75 Å². The Labute approximate surface area is 121 Å². The van der Waals surface area contributed by atoms with Gasteiger partial charge in [-0.05, 0) is 37.5 Å². The van der Waals surface area contributed by atoms with Crippen LogP contribution in [-0.4, -0.2) is 32.3 Å². The molecule has 1 unspecified atom stereocenters. The molecule has 1 aromatic rings. The number of benzene rings is 1. The number of hydrogen-bond donors (Lipinski definition) is 1. The van der Waals surface area contributed by atoms with E-state index in [0.717, 1.165) is 30.2 Å². The number of ether oxygens (including phenoxy) is 2. The van der Waals surface area contributed by atoms with Crippen molar-refractivity contribution in [1.82, 2.24) is 5.32 Å². The van der Waals surface area contributed by atoms with Crippen LogP contribution in [0.3, 0.4) is 0 Å². The van der Waals surface area contributed by atoms with E-state index in [0.29, 0.717) is 12.5 Å². The van der Waals surface area contributed by atoms with Gasteiger partial charge in [-0.1, -0.05) is 19.1 Å². The van der Waals surface area contributed by atoms with Crippen LogP contribution in [0, 0.1) is 5.92 Å². The molecule has 1 atom stereocenters. The molecule has 0 radical (unpaired) electrons. The molecule has 0 amide bonds. The lowest BCUT2D eigenvalue weighted by atomic mass is 10.1. The number of thioether (sulfide) groups is 1. The third-order valence-electron chi connectivity index (χ3n) is 2.82.